The van der Waals surface area contributed by atoms with Crippen LogP contribution in [0.1, 0.15) is 52.9 Å². The quantitative estimate of drug-likeness (QED) is 0.800. The molecule has 0 radical (unpaired) electrons. The van der Waals surface area contributed by atoms with Gasteiger partial charge in [-0.2, -0.15) is 0 Å². The van der Waals surface area contributed by atoms with E-state index in [-0.39, 0.29) is 24.0 Å². The molecule has 0 bridgehead atoms. The zero-order valence-corrected chi connectivity index (χ0v) is 14.6. The molecule has 2 amide bonds. The first-order valence-electron chi connectivity index (χ1n) is 8.71. The average Bonchev–Trinajstić information content (AvgIpc) is 2.70. The lowest BCUT2D eigenvalue weighted by Crippen LogP contribution is -2.46. The van der Waals surface area contributed by atoms with E-state index in [0.717, 1.165) is 19.4 Å². The summed E-state index contributed by atoms with van der Waals surface area (Å²) < 4.78 is 5.38. The van der Waals surface area contributed by atoms with Crippen molar-refractivity contribution >= 4 is 12.0 Å². The van der Waals surface area contributed by atoms with Crippen molar-refractivity contribution in [1.82, 2.24) is 9.80 Å². The molecule has 2 aliphatic rings. The molecule has 2 aliphatic heterocycles. The first-order chi connectivity index (χ1) is 10.8. The molecule has 6 nitrogen and oxygen atoms in total. The Morgan fingerprint density at radius 2 is 1.57 bits per heavy atom. The monoisotopic (exact) mass is 326 g/mol. The van der Waals surface area contributed by atoms with Crippen LogP contribution in [0.5, 0.6) is 0 Å². The van der Waals surface area contributed by atoms with Crippen LogP contribution in [0.15, 0.2) is 0 Å². The number of hydrogen-bond acceptors (Lipinski definition) is 4. The molecule has 6 heteroatoms. The van der Waals surface area contributed by atoms with Crippen LogP contribution >= 0.6 is 0 Å². The number of piperidine rings is 1. The summed E-state index contributed by atoms with van der Waals surface area (Å²) in [4.78, 5) is 28.3. The van der Waals surface area contributed by atoms with E-state index >= 15 is 0 Å². The first kappa shape index (κ1) is 18.0. The maximum Gasteiger partial charge on any atom is 0.410 e. The third kappa shape index (κ3) is 5.37. The van der Waals surface area contributed by atoms with Gasteiger partial charge in [0.25, 0.3) is 0 Å². The van der Waals surface area contributed by atoms with Gasteiger partial charge in [-0.25, -0.2) is 4.79 Å². The summed E-state index contributed by atoms with van der Waals surface area (Å²) in [5.74, 6) is 0.173. The standard InChI is InChI=1S/C17H30N2O4/c1-17(2,3)23-16(22)19-10-6-13(7-11-19)15(21)18-9-4-5-14(20)8-12-18/h13-14,20H,4-12H2,1-3H3. The zero-order chi connectivity index (χ0) is 17.0. The molecule has 2 fully saturated rings. The smallest absolute Gasteiger partial charge is 0.410 e. The van der Waals surface area contributed by atoms with E-state index < -0.39 is 5.60 Å². The number of amides is 2. The predicted molar refractivity (Wildman–Crippen MR) is 87.0 cm³/mol. The molecule has 2 rings (SSSR count). The van der Waals surface area contributed by atoms with Crippen molar-refractivity contribution in [3.05, 3.63) is 0 Å². The van der Waals surface area contributed by atoms with Crippen molar-refractivity contribution in [3.63, 3.8) is 0 Å². The molecule has 1 unspecified atom stereocenters. The Kier molecular flexibility index (Phi) is 5.89. The predicted octanol–water partition coefficient (Wildman–Crippen LogP) is 2.01. The lowest BCUT2D eigenvalue weighted by atomic mass is 9.95. The Morgan fingerprint density at radius 1 is 0.957 bits per heavy atom. The van der Waals surface area contributed by atoms with Gasteiger partial charge in [-0.3, -0.25) is 4.79 Å². The Morgan fingerprint density at radius 3 is 2.17 bits per heavy atom. The fourth-order valence-electron chi connectivity index (χ4n) is 3.19. The number of hydrogen-bond donors (Lipinski definition) is 1. The molecule has 0 spiro atoms. The average molecular weight is 326 g/mol. The molecule has 0 saturated carbocycles. The van der Waals surface area contributed by atoms with Crippen LogP contribution in [0.4, 0.5) is 4.79 Å². The number of aliphatic hydroxyl groups excluding tert-OH is 1. The van der Waals surface area contributed by atoms with Gasteiger partial charge in [0.15, 0.2) is 0 Å². The summed E-state index contributed by atoms with van der Waals surface area (Å²) in [6, 6.07) is 0. The molecule has 132 valence electrons. The van der Waals surface area contributed by atoms with Gasteiger partial charge in [0.05, 0.1) is 6.10 Å². The highest BCUT2D eigenvalue weighted by molar-refractivity contribution is 5.79. The number of aliphatic hydroxyl groups is 1. The fraction of sp³-hybridized carbons (Fsp3) is 0.882. The van der Waals surface area contributed by atoms with Crippen LogP contribution in [-0.2, 0) is 9.53 Å². The van der Waals surface area contributed by atoms with Crippen LogP contribution in [-0.4, -0.2) is 64.8 Å². The van der Waals surface area contributed by atoms with Crippen LogP contribution in [0.25, 0.3) is 0 Å². The van der Waals surface area contributed by atoms with Crippen molar-refractivity contribution in [3.8, 4) is 0 Å². The van der Waals surface area contributed by atoms with Crippen molar-refractivity contribution in [2.24, 2.45) is 5.92 Å². The fourth-order valence-corrected chi connectivity index (χ4v) is 3.19. The van der Waals surface area contributed by atoms with E-state index in [1.54, 1.807) is 4.90 Å². The molecule has 0 aromatic heterocycles. The number of rotatable bonds is 1. The second-order valence-electron chi connectivity index (χ2n) is 7.65. The van der Waals surface area contributed by atoms with Gasteiger partial charge < -0.3 is 19.6 Å². The van der Waals surface area contributed by atoms with E-state index in [9.17, 15) is 14.7 Å². The Balaban J connectivity index is 1.81. The molecule has 2 heterocycles. The van der Waals surface area contributed by atoms with Crippen molar-refractivity contribution in [2.75, 3.05) is 26.2 Å². The minimum atomic E-state index is -0.489. The molecule has 1 N–H and O–H groups in total. The highest BCUT2D eigenvalue weighted by atomic mass is 16.6. The summed E-state index contributed by atoms with van der Waals surface area (Å²) in [5.41, 5.74) is -0.489. The van der Waals surface area contributed by atoms with Gasteiger partial charge in [0.2, 0.25) is 5.91 Å². The first-order valence-corrected chi connectivity index (χ1v) is 8.71. The van der Waals surface area contributed by atoms with Gasteiger partial charge in [-0.15, -0.1) is 0 Å². The van der Waals surface area contributed by atoms with Crippen molar-refractivity contribution in [2.45, 2.75) is 64.6 Å². The highest BCUT2D eigenvalue weighted by Crippen LogP contribution is 2.23. The summed E-state index contributed by atoms with van der Waals surface area (Å²) in [6.07, 6.45) is 3.13. The summed E-state index contributed by atoms with van der Waals surface area (Å²) >= 11 is 0. The molecule has 0 aromatic carbocycles. The maximum absolute atomic E-state index is 12.6. The largest absolute Gasteiger partial charge is 0.444 e. The van der Waals surface area contributed by atoms with Gasteiger partial charge in [-0.05, 0) is 52.9 Å². The van der Waals surface area contributed by atoms with Crippen LogP contribution in [0.2, 0.25) is 0 Å². The lowest BCUT2D eigenvalue weighted by molar-refractivity contribution is -0.137. The van der Waals surface area contributed by atoms with Gasteiger partial charge in [0.1, 0.15) is 5.60 Å². The van der Waals surface area contributed by atoms with E-state index in [1.165, 1.54) is 0 Å². The second-order valence-corrected chi connectivity index (χ2v) is 7.65. The van der Waals surface area contributed by atoms with E-state index in [0.29, 0.717) is 38.9 Å². The number of ether oxygens (including phenoxy) is 1. The number of carbonyl (C=O) groups excluding carboxylic acids is 2. The van der Waals surface area contributed by atoms with Crippen LogP contribution in [0, 0.1) is 5.92 Å². The minimum absolute atomic E-state index is 0.0103. The molecule has 2 saturated heterocycles. The summed E-state index contributed by atoms with van der Waals surface area (Å²) in [7, 11) is 0. The third-order valence-electron chi connectivity index (χ3n) is 4.51. The molecule has 0 aromatic rings. The highest BCUT2D eigenvalue weighted by Gasteiger charge is 2.32. The van der Waals surface area contributed by atoms with Crippen molar-refractivity contribution < 1.29 is 19.4 Å². The molecular formula is C17H30N2O4. The van der Waals surface area contributed by atoms with Crippen molar-refractivity contribution in [1.29, 1.82) is 0 Å². The minimum Gasteiger partial charge on any atom is -0.444 e. The molecule has 23 heavy (non-hydrogen) atoms. The summed E-state index contributed by atoms with van der Waals surface area (Å²) in [5, 5.41) is 9.69. The Hall–Kier alpha value is -1.30. The number of nitrogens with zero attached hydrogens (tertiary/aromatic N) is 2. The number of likely N-dealkylation sites (tertiary alicyclic amines) is 2. The topological polar surface area (TPSA) is 70.1 Å². The zero-order valence-electron chi connectivity index (χ0n) is 14.6. The van der Waals surface area contributed by atoms with Gasteiger partial charge in [0, 0.05) is 32.1 Å². The van der Waals surface area contributed by atoms with Crippen LogP contribution in [0.3, 0.4) is 0 Å². The SMILES string of the molecule is CC(C)(C)OC(=O)N1CCC(C(=O)N2CCCC(O)CC2)CC1. The van der Waals surface area contributed by atoms with Gasteiger partial charge >= 0.3 is 6.09 Å². The van der Waals surface area contributed by atoms with E-state index in [2.05, 4.69) is 0 Å². The number of carbonyl (C=O) groups is 2. The molecular weight excluding hydrogens is 296 g/mol. The van der Waals surface area contributed by atoms with Gasteiger partial charge in [-0.1, -0.05) is 0 Å². The van der Waals surface area contributed by atoms with E-state index in [1.807, 2.05) is 25.7 Å². The normalized spacial score (nSPS) is 24.3. The molecule has 0 aliphatic carbocycles. The summed E-state index contributed by atoms with van der Waals surface area (Å²) in [6.45, 7) is 8.09. The Labute approximate surface area is 138 Å². The third-order valence-corrected chi connectivity index (χ3v) is 4.51. The lowest BCUT2D eigenvalue weighted by Gasteiger charge is -2.34. The maximum atomic E-state index is 12.6. The molecule has 1 atom stereocenters. The van der Waals surface area contributed by atoms with E-state index in [4.69, 9.17) is 4.74 Å². The second kappa shape index (κ2) is 7.51. The Bertz CT molecular complexity index is 425. The van der Waals surface area contributed by atoms with Crippen LogP contribution < -0.4 is 0 Å².